The Bertz CT molecular complexity index is 753. The maximum Gasteiger partial charge on any atom is 4.00 e. The van der Waals surface area contributed by atoms with E-state index in [1.807, 2.05) is 27.7 Å². The van der Waals surface area contributed by atoms with Crippen molar-refractivity contribution in [1.82, 2.24) is 0 Å². The van der Waals surface area contributed by atoms with E-state index in [0.29, 0.717) is 0 Å². The smallest absolute Gasteiger partial charge is 0.854 e. The van der Waals surface area contributed by atoms with E-state index in [2.05, 4.69) is 13.2 Å². The van der Waals surface area contributed by atoms with Gasteiger partial charge in [-0.1, -0.05) is 104 Å². The Hall–Kier alpha value is -2.21. The summed E-state index contributed by atoms with van der Waals surface area (Å²) in [4.78, 5) is 22.7. The van der Waals surface area contributed by atoms with Crippen molar-refractivity contribution in [1.29, 1.82) is 0 Å². The normalized spacial score (nSPS) is 8.88. The molecule has 0 aliphatic rings. The number of unbranched alkanes of at least 4 members (excludes halogenated alkanes) is 4. The summed E-state index contributed by atoms with van der Waals surface area (Å²) in [5, 5.41) is 56.6. The second-order valence-electron chi connectivity index (χ2n) is 8.29. The van der Waals surface area contributed by atoms with E-state index in [-0.39, 0.29) is 89.5 Å². The number of rotatable bonds is 16. The fraction of sp³-hybridized carbons (Fsp3) is 0.613. The Morgan fingerprint density at radius 3 is 1.33 bits per heavy atom. The third-order valence-corrected chi connectivity index (χ3v) is 4.64. The number of ether oxygens (including phenoxy) is 2. The summed E-state index contributed by atoms with van der Waals surface area (Å²) in [5.41, 5.74) is -0.298. The molecule has 11 heteroatoms. The van der Waals surface area contributed by atoms with Crippen molar-refractivity contribution in [2.24, 2.45) is 0 Å². The van der Waals surface area contributed by atoms with Crippen molar-refractivity contribution in [3.63, 3.8) is 0 Å². The maximum atomic E-state index is 11.4. The molecule has 0 aromatic heterocycles. The van der Waals surface area contributed by atoms with Crippen LogP contribution in [0.1, 0.15) is 105 Å². The predicted molar refractivity (Wildman–Crippen MR) is 156 cm³/mol. The molecule has 2 N–H and O–H groups in total. The summed E-state index contributed by atoms with van der Waals surface area (Å²) in [6.07, 6.45) is 10.4. The number of benzene rings is 1. The fourth-order valence-electron chi connectivity index (χ4n) is 2.33. The number of hydrogen-bond donors (Lipinski definition) is 2. The van der Waals surface area contributed by atoms with Crippen LogP contribution in [0.2, 0.25) is 0 Å². The molecule has 0 bridgehead atoms. The molecule has 240 valence electrons. The van der Waals surface area contributed by atoms with Crippen LogP contribution in [0.25, 0.3) is 0 Å². The van der Waals surface area contributed by atoms with E-state index >= 15 is 0 Å². The van der Waals surface area contributed by atoms with Crippen molar-refractivity contribution in [2.45, 2.75) is 86.0 Å². The van der Waals surface area contributed by atoms with Gasteiger partial charge in [0.05, 0.1) is 5.56 Å². The van der Waals surface area contributed by atoms with Gasteiger partial charge in [0.2, 0.25) is 0 Å². The first-order valence-electron chi connectivity index (χ1n) is 14.0. The zero-order chi connectivity index (χ0) is 32.5. The second kappa shape index (κ2) is 38.8. The van der Waals surface area contributed by atoms with E-state index < -0.39 is 11.9 Å². The molecule has 0 unspecified atom stereocenters. The van der Waals surface area contributed by atoms with Crippen LogP contribution in [-0.2, 0) is 21.7 Å². The van der Waals surface area contributed by atoms with E-state index in [4.69, 9.17) is 14.6 Å². The summed E-state index contributed by atoms with van der Waals surface area (Å²) >= 11 is 0. The molecule has 1 aromatic carbocycles. The van der Waals surface area contributed by atoms with E-state index in [0.717, 1.165) is 51.4 Å². The van der Waals surface area contributed by atoms with Crippen LogP contribution in [0.5, 0.6) is 11.5 Å². The van der Waals surface area contributed by atoms with Gasteiger partial charge in [0.1, 0.15) is 18.8 Å². The molecule has 0 fully saturated rings. The topological polar surface area (TPSA) is 185 Å². The molecule has 0 saturated carbocycles. The van der Waals surface area contributed by atoms with Crippen LogP contribution in [0.3, 0.4) is 0 Å². The molecule has 0 aliphatic carbocycles. The molecule has 42 heavy (non-hydrogen) atoms. The van der Waals surface area contributed by atoms with Gasteiger partial charge >= 0.3 is 33.7 Å². The minimum Gasteiger partial charge on any atom is -0.854 e. The van der Waals surface area contributed by atoms with Crippen molar-refractivity contribution < 1.29 is 71.4 Å². The molecular weight excluding hydrogens is 580 g/mol. The van der Waals surface area contributed by atoms with Gasteiger partial charge in [-0.2, -0.15) is 0 Å². The van der Waals surface area contributed by atoms with Crippen LogP contribution < -0.4 is 29.9 Å². The summed E-state index contributed by atoms with van der Waals surface area (Å²) in [7, 11) is 0. The first kappa shape index (κ1) is 49.5. The van der Waals surface area contributed by atoms with Crippen molar-refractivity contribution in [2.75, 3.05) is 39.6 Å². The first-order chi connectivity index (χ1) is 19.6. The second-order valence-corrected chi connectivity index (χ2v) is 8.29. The molecule has 1 aromatic rings. The molecule has 0 aliphatic heterocycles. The van der Waals surface area contributed by atoms with Crippen molar-refractivity contribution >= 4 is 11.9 Å². The Labute approximate surface area is 268 Å². The van der Waals surface area contributed by atoms with E-state index in [9.17, 15) is 35.1 Å². The third kappa shape index (κ3) is 29.3. The van der Waals surface area contributed by atoms with E-state index in [1.165, 1.54) is 25.1 Å². The molecule has 0 saturated heterocycles. The summed E-state index contributed by atoms with van der Waals surface area (Å²) in [5.74, 6) is -2.52. The Morgan fingerprint density at radius 1 is 0.738 bits per heavy atom. The zero-order valence-electron chi connectivity index (χ0n) is 26.2. The van der Waals surface area contributed by atoms with Crippen LogP contribution in [0, 0.1) is 6.92 Å². The molecule has 10 nitrogen and oxygen atoms in total. The molecule has 0 atom stereocenters. The predicted octanol–water partition coefficient (Wildman–Crippen LogP) is 3.11. The van der Waals surface area contributed by atoms with Crippen molar-refractivity contribution in [3.8, 4) is 11.5 Å². The van der Waals surface area contributed by atoms with E-state index in [1.54, 1.807) is 0 Å². The maximum absolute atomic E-state index is 11.4. The monoisotopic (exact) mass is 632 g/mol. The summed E-state index contributed by atoms with van der Waals surface area (Å²) in [6, 6.07) is 1.24. The Balaban J connectivity index is -0.000000177. The molecule has 0 heterocycles. The van der Waals surface area contributed by atoms with Gasteiger partial charge in [-0.15, -0.1) is 26.4 Å². The van der Waals surface area contributed by atoms with Gasteiger partial charge in [-0.25, -0.2) is 9.59 Å². The number of carboxylic acid groups (broad SMARTS) is 2. The summed E-state index contributed by atoms with van der Waals surface area (Å²) < 4.78 is 10.7. The molecular formula is C31H52O10Ti. The molecule has 0 radical (unpaired) electrons. The SMILES string of the molecule is C=CCOc1cc(C(=O)O)c(C)c(C(=O)O)c1OCC=C.CCCC[O-].CCCC[O-].CCCC[O-].CCCC[O-].[Ti+4]. The summed E-state index contributed by atoms with van der Waals surface area (Å²) in [6.45, 7) is 17.0. The molecule has 1 rings (SSSR count). The third-order valence-electron chi connectivity index (χ3n) is 4.64. The minimum absolute atomic E-state index is 0. The zero-order valence-corrected chi connectivity index (χ0v) is 27.8. The average Bonchev–Trinajstić information content (AvgIpc) is 2.94. The fourth-order valence-corrected chi connectivity index (χ4v) is 2.33. The van der Waals surface area contributed by atoms with Gasteiger partial charge in [0, 0.05) is 0 Å². The largest absolute Gasteiger partial charge is 4.00 e. The van der Waals surface area contributed by atoms with Crippen molar-refractivity contribution in [3.05, 3.63) is 48.1 Å². The quantitative estimate of drug-likeness (QED) is 0.203. The molecule has 0 amide bonds. The van der Waals surface area contributed by atoms with Gasteiger partial charge in [-0.05, 0) is 18.6 Å². The Kier molecular flexibility index (Phi) is 45.7. The van der Waals surface area contributed by atoms with Crippen LogP contribution in [-0.4, -0.2) is 61.8 Å². The van der Waals surface area contributed by atoms with Gasteiger partial charge < -0.3 is 40.1 Å². The van der Waals surface area contributed by atoms with Crippen LogP contribution in [0.15, 0.2) is 31.4 Å². The minimum atomic E-state index is -1.29. The first-order valence-corrected chi connectivity index (χ1v) is 14.0. The van der Waals surface area contributed by atoms with Gasteiger partial charge in [0.25, 0.3) is 0 Å². The van der Waals surface area contributed by atoms with Gasteiger partial charge in [-0.3, -0.25) is 0 Å². The number of carboxylic acids is 2. The standard InChI is InChI=1S/C15H16O6.4C4H9O.Ti/c1-4-6-20-11-8-10(14(16)17)9(3)12(15(18)19)13(11)21-7-5-2;4*1-2-3-4-5;/h4-5,8H,1-2,6-7H2,3H3,(H,16,17)(H,18,19);4*2-4H2,1H3;/q;4*-1;+4. The van der Waals surface area contributed by atoms with Gasteiger partial charge in [0.15, 0.2) is 11.5 Å². The number of carbonyl (C=O) groups is 2. The Morgan fingerprint density at radius 2 is 1.10 bits per heavy atom. The average molecular weight is 633 g/mol. The number of hydrogen-bond acceptors (Lipinski definition) is 8. The molecule has 0 spiro atoms. The van der Waals surface area contributed by atoms with Crippen LogP contribution in [0.4, 0.5) is 0 Å². The number of aromatic carboxylic acids is 2. The van der Waals surface area contributed by atoms with Crippen LogP contribution >= 0.6 is 0 Å².